The molecular weight excluding hydrogens is 258 g/mol. The molecular formula is C15H15NO2S. The molecule has 0 fully saturated rings. The van der Waals surface area contributed by atoms with Crippen molar-refractivity contribution >= 4 is 23.4 Å². The Labute approximate surface area is 116 Å². The Morgan fingerprint density at radius 3 is 2.58 bits per heavy atom. The van der Waals surface area contributed by atoms with Gasteiger partial charge in [0.1, 0.15) is 0 Å². The second kappa shape index (κ2) is 6.29. The van der Waals surface area contributed by atoms with Crippen LogP contribution in [-0.4, -0.2) is 12.6 Å². The number of rotatable bonds is 4. The van der Waals surface area contributed by atoms with E-state index in [1.165, 1.54) is 11.8 Å². The first kappa shape index (κ1) is 13.5. The lowest BCUT2D eigenvalue weighted by Crippen LogP contribution is -2.08. The average Bonchev–Trinajstić information content (AvgIpc) is 2.42. The van der Waals surface area contributed by atoms with E-state index in [2.05, 4.69) is 0 Å². The zero-order chi connectivity index (χ0) is 13.7. The molecule has 98 valence electrons. The number of anilines is 1. The van der Waals surface area contributed by atoms with Crippen molar-refractivity contribution in [2.45, 2.75) is 16.7 Å². The summed E-state index contributed by atoms with van der Waals surface area (Å²) in [7, 11) is 0. The summed E-state index contributed by atoms with van der Waals surface area (Å²) in [5.74, 6) is -0.379. The third-order valence-electron chi connectivity index (χ3n) is 2.53. The number of ether oxygens (including phenoxy) is 1. The molecule has 0 aliphatic heterocycles. The van der Waals surface area contributed by atoms with Gasteiger partial charge in [0.15, 0.2) is 0 Å². The van der Waals surface area contributed by atoms with Gasteiger partial charge in [0.2, 0.25) is 0 Å². The van der Waals surface area contributed by atoms with E-state index in [1.54, 1.807) is 13.0 Å². The fraction of sp³-hybridized carbons (Fsp3) is 0.133. The summed E-state index contributed by atoms with van der Waals surface area (Å²) in [6, 6.07) is 15.3. The molecule has 0 saturated carbocycles. The molecule has 0 aromatic heterocycles. The highest BCUT2D eigenvalue weighted by Gasteiger charge is 2.13. The highest BCUT2D eigenvalue weighted by Crippen LogP contribution is 2.33. The predicted molar refractivity (Wildman–Crippen MR) is 77.4 cm³/mol. The summed E-state index contributed by atoms with van der Waals surface area (Å²) >= 11 is 1.53. The predicted octanol–water partition coefficient (Wildman–Crippen LogP) is 3.60. The maximum Gasteiger partial charge on any atom is 0.340 e. The highest BCUT2D eigenvalue weighted by atomic mass is 32.2. The van der Waals surface area contributed by atoms with Gasteiger partial charge in [0.05, 0.1) is 17.9 Å². The van der Waals surface area contributed by atoms with Gasteiger partial charge in [-0.1, -0.05) is 36.0 Å². The van der Waals surface area contributed by atoms with Gasteiger partial charge in [-0.15, -0.1) is 0 Å². The molecule has 0 atom stereocenters. The maximum absolute atomic E-state index is 11.8. The van der Waals surface area contributed by atoms with E-state index in [-0.39, 0.29) is 5.97 Å². The third kappa shape index (κ3) is 3.29. The summed E-state index contributed by atoms with van der Waals surface area (Å²) in [4.78, 5) is 13.7. The first-order valence-electron chi connectivity index (χ1n) is 6.01. The molecule has 0 unspecified atom stereocenters. The van der Waals surface area contributed by atoms with Gasteiger partial charge in [-0.25, -0.2) is 4.79 Å². The van der Waals surface area contributed by atoms with E-state index in [0.29, 0.717) is 17.9 Å². The first-order valence-corrected chi connectivity index (χ1v) is 6.82. The number of nitrogen functional groups attached to an aromatic ring is 1. The SMILES string of the molecule is CCOC(=O)c1cccc(Sc2ccccc2)c1N. The summed E-state index contributed by atoms with van der Waals surface area (Å²) in [5, 5.41) is 0. The van der Waals surface area contributed by atoms with Crippen LogP contribution in [0.25, 0.3) is 0 Å². The summed E-state index contributed by atoms with van der Waals surface area (Å²) < 4.78 is 4.99. The Hall–Kier alpha value is -1.94. The Kier molecular flexibility index (Phi) is 4.47. The average molecular weight is 273 g/mol. The van der Waals surface area contributed by atoms with E-state index in [9.17, 15) is 4.79 Å². The van der Waals surface area contributed by atoms with Gasteiger partial charge in [-0.2, -0.15) is 0 Å². The van der Waals surface area contributed by atoms with Crippen molar-refractivity contribution in [1.82, 2.24) is 0 Å². The van der Waals surface area contributed by atoms with Gasteiger partial charge in [-0.05, 0) is 31.2 Å². The zero-order valence-corrected chi connectivity index (χ0v) is 11.4. The Balaban J connectivity index is 2.27. The molecule has 19 heavy (non-hydrogen) atoms. The Morgan fingerprint density at radius 1 is 1.16 bits per heavy atom. The number of hydrogen-bond acceptors (Lipinski definition) is 4. The molecule has 2 N–H and O–H groups in total. The fourth-order valence-electron chi connectivity index (χ4n) is 1.64. The standard InChI is InChI=1S/C15H15NO2S/c1-2-18-15(17)12-9-6-10-13(14(12)16)19-11-7-4-3-5-8-11/h3-10H,2,16H2,1H3. The lowest BCUT2D eigenvalue weighted by Gasteiger charge is -2.09. The van der Waals surface area contributed by atoms with E-state index >= 15 is 0 Å². The molecule has 0 amide bonds. The number of benzene rings is 2. The van der Waals surface area contributed by atoms with Gasteiger partial charge in [0, 0.05) is 9.79 Å². The maximum atomic E-state index is 11.8. The van der Waals surface area contributed by atoms with Crippen LogP contribution in [0, 0.1) is 0 Å². The van der Waals surface area contributed by atoms with Crippen LogP contribution in [0.4, 0.5) is 5.69 Å². The molecule has 0 heterocycles. The van der Waals surface area contributed by atoms with Gasteiger partial charge >= 0.3 is 5.97 Å². The minimum atomic E-state index is -0.379. The van der Waals surface area contributed by atoms with Crippen molar-refractivity contribution in [3.05, 3.63) is 54.1 Å². The molecule has 2 rings (SSSR count). The van der Waals surface area contributed by atoms with E-state index in [0.717, 1.165) is 9.79 Å². The minimum absolute atomic E-state index is 0.342. The molecule has 0 radical (unpaired) electrons. The highest BCUT2D eigenvalue weighted by molar-refractivity contribution is 7.99. The largest absolute Gasteiger partial charge is 0.462 e. The van der Waals surface area contributed by atoms with E-state index < -0.39 is 0 Å². The molecule has 3 nitrogen and oxygen atoms in total. The molecule has 0 aliphatic carbocycles. The molecule has 2 aromatic carbocycles. The molecule has 2 aromatic rings. The Bertz CT molecular complexity index is 570. The molecule has 0 saturated heterocycles. The number of carbonyl (C=O) groups excluding carboxylic acids is 1. The van der Waals surface area contributed by atoms with Crippen LogP contribution in [0.3, 0.4) is 0 Å². The van der Waals surface area contributed by atoms with Crippen molar-refractivity contribution in [2.75, 3.05) is 12.3 Å². The minimum Gasteiger partial charge on any atom is -0.462 e. The fourth-order valence-corrected chi connectivity index (χ4v) is 2.55. The second-order valence-corrected chi connectivity index (χ2v) is 4.97. The van der Waals surface area contributed by atoms with Crippen molar-refractivity contribution in [1.29, 1.82) is 0 Å². The molecule has 0 bridgehead atoms. The van der Waals surface area contributed by atoms with Crippen LogP contribution in [0.2, 0.25) is 0 Å². The van der Waals surface area contributed by atoms with Crippen LogP contribution >= 0.6 is 11.8 Å². The van der Waals surface area contributed by atoms with Gasteiger partial charge < -0.3 is 10.5 Å². The zero-order valence-electron chi connectivity index (χ0n) is 10.6. The number of esters is 1. The van der Waals surface area contributed by atoms with Crippen LogP contribution in [0.1, 0.15) is 17.3 Å². The molecule has 0 aliphatic rings. The number of nitrogens with two attached hydrogens (primary N) is 1. The topological polar surface area (TPSA) is 52.3 Å². The van der Waals surface area contributed by atoms with Crippen LogP contribution in [-0.2, 0) is 4.74 Å². The van der Waals surface area contributed by atoms with Crippen LogP contribution < -0.4 is 5.73 Å². The monoisotopic (exact) mass is 273 g/mol. The quantitative estimate of drug-likeness (QED) is 0.683. The summed E-state index contributed by atoms with van der Waals surface area (Å²) in [6.45, 7) is 2.12. The second-order valence-electron chi connectivity index (χ2n) is 3.85. The van der Waals surface area contributed by atoms with Crippen LogP contribution in [0.15, 0.2) is 58.3 Å². The Morgan fingerprint density at radius 2 is 1.89 bits per heavy atom. The first-order chi connectivity index (χ1) is 9.22. The van der Waals surface area contributed by atoms with Crippen molar-refractivity contribution in [2.24, 2.45) is 0 Å². The smallest absolute Gasteiger partial charge is 0.340 e. The number of hydrogen-bond donors (Lipinski definition) is 1. The van der Waals surface area contributed by atoms with Gasteiger partial charge in [0.25, 0.3) is 0 Å². The molecule has 4 heteroatoms. The lowest BCUT2D eigenvalue weighted by molar-refractivity contribution is 0.0527. The lowest BCUT2D eigenvalue weighted by atomic mass is 10.2. The van der Waals surface area contributed by atoms with Crippen LogP contribution in [0.5, 0.6) is 0 Å². The molecule has 0 spiro atoms. The van der Waals surface area contributed by atoms with Crippen molar-refractivity contribution in [3.63, 3.8) is 0 Å². The van der Waals surface area contributed by atoms with E-state index in [4.69, 9.17) is 10.5 Å². The number of para-hydroxylation sites is 1. The normalized spacial score (nSPS) is 10.2. The number of carbonyl (C=O) groups is 1. The van der Waals surface area contributed by atoms with E-state index in [1.807, 2.05) is 42.5 Å². The van der Waals surface area contributed by atoms with Crippen molar-refractivity contribution in [3.8, 4) is 0 Å². The summed E-state index contributed by atoms with van der Waals surface area (Å²) in [6.07, 6.45) is 0. The van der Waals surface area contributed by atoms with Gasteiger partial charge in [-0.3, -0.25) is 0 Å². The third-order valence-corrected chi connectivity index (χ3v) is 3.62. The van der Waals surface area contributed by atoms with Crippen molar-refractivity contribution < 1.29 is 9.53 Å². The summed E-state index contributed by atoms with van der Waals surface area (Å²) in [5.41, 5.74) is 6.93.